The second-order valence-electron chi connectivity index (χ2n) is 9.78. The van der Waals surface area contributed by atoms with Crippen molar-refractivity contribution in [1.82, 2.24) is 9.78 Å². The summed E-state index contributed by atoms with van der Waals surface area (Å²) in [5, 5.41) is 18.6. The zero-order valence-corrected chi connectivity index (χ0v) is 25.7. The minimum Gasteiger partial charge on any atom is -0.377 e. The predicted octanol–water partition coefficient (Wildman–Crippen LogP) is 6.24. The van der Waals surface area contributed by atoms with Gasteiger partial charge in [-0.3, -0.25) is 0 Å². The molecule has 6 aromatic rings. The lowest BCUT2D eigenvalue weighted by Gasteiger charge is -2.32. The van der Waals surface area contributed by atoms with Crippen LogP contribution in [0.25, 0.3) is 16.9 Å². The summed E-state index contributed by atoms with van der Waals surface area (Å²) in [5.41, 5.74) is 10.1. The molecule has 0 saturated carbocycles. The molecule has 0 aliphatic heterocycles. The van der Waals surface area contributed by atoms with Crippen LogP contribution in [0.15, 0.2) is 162 Å². The smallest absolute Gasteiger partial charge is 0.218 e. The summed E-state index contributed by atoms with van der Waals surface area (Å²) in [6.07, 6.45) is 3.65. The number of hydrogen-bond acceptors (Lipinski definition) is 4. The number of benzene rings is 5. The van der Waals surface area contributed by atoms with Crippen LogP contribution in [0.1, 0.15) is 5.56 Å². The largest absolute Gasteiger partial charge is 0.377 e. The fourth-order valence-corrected chi connectivity index (χ4v) is 12.3. The minimum absolute atomic E-state index is 0.392. The highest BCUT2D eigenvalue weighted by Crippen LogP contribution is 2.25. The normalized spacial score (nSPS) is 12.1. The van der Waals surface area contributed by atoms with Gasteiger partial charge in [0, 0.05) is 22.3 Å². The van der Waals surface area contributed by atoms with Gasteiger partial charge in [0.15, 0.2) is 5.17 Å². The molecule has 0 fully saturated rings. The number of amidine groups is 1. The molecule has 5 aromatic carbocycles. The van der Waals surface area contributed by atoms with Gasteiger partial charge in [0.05, 0.1) is 11.9 Å². The van der Waals surface area contributed by atoms with E-state index in [-0.39, 0.29) is 0 Å². The Morgan fingerprint density at radius 3 is 1.70 bits per heavy atom. The zero-order valence-electron chi connectivity index (χ0n) is 23.2. The molecular weight excluding hydrogens is 586 g/mol. The number of nitrogens with two attached hydrogens (primary N) is 1. The molecule has 1 aromatic heterocycles. The molecule has 210 valence electrons. The average Bonchev–Trinajstić information content (AvgIpc) is 3.50. The number of aromatic nitrogens is 2. The highest BCUT2D eigenvalue weighted by atomic mass is 35.5. The van der Waals surface area contributed by atoms with Gasteiger partial charge in [-0.15, -0.1) is 5.10 Å². The molecule has 0 aliphatic carbocycles. The summed E-state index contributed by atoms with van der Waals surface area (Å²) >= 11 is 7.77. The van der Waals surface area contributed by atoms with Crippen LogP contribution in [0.3, 0.4) is 0 Å². The Hall–Kier alpha value is -4.69. The number of halogens is 1. The van der Waals surface area contributed by atoms with Crippen molar-refractivity contribution in [2.45, 2.75) is 0 Å². The predicted molar refractivity (Wildman–Crippen MR) is 185 cm³/mol. The number of nitrogens with zero attached hydrogens (tertiary/aromatic N) is 4. The van der Waals surface area contributed by atoms with Gasteiger partial charge in [0.1, 0.15) is 5.69 Å². The summed E-state index contributed by atoms with van der Waals surface area (Å²) in [6.45, 7) is 0. The second kappa shape index (κ2) is 13.1. The molecular formula is C35H28ClN5SSi. The molecule has 0 radical (unpaired) electrons. The highest BCUT2D eigenvalue weighted by Gasteiger charge is 2.41. The molecule has 0 amide bonds. The lowest BCUT2D eigenvalue weighted by molar-refractivity contribution is 0.884. The highest BCUT2D eigenvalue weighted by molar-refractivity contribution is 8.42. The summed E-state index contributed by atoms with van der Waals surface area (Å²) < 4.78 is 1.84. The molecule has 0 bridgehead atoms. The van der Waals surface area contributed by atoms with E-state index in [9.17, 15) is 0 Å². The molecule has 0 aliphatic rings. The first-order valence-corrected chi connectivity index (χ1v) is 17.7. The van der Waals surface area contributed by atoms with Crippen LogP contribution in [0, 0.1) is 0 Å². The van der Waals surface area contributed by atoms with E-state index in [2.05, 4.69) is 83.0 Å². The van der Waals surface area contributed by atoms with Crippen molar-refractivity contribution in [3.63, 3.8) is 0 Å². The van der Waals surface area contributed by atoms with Gasteiger partial charge >= 0.3 is 0 Å². The Labute approximate surface area is 261 Å². The van der Waals surface area contributed by atoms with E-state index >= 15 is 0 Å². The molecule has 8 heteroatoms. The third-order valence-corrected chi connectivity index (χ3v) is 15.0. The Morgan fingerprint density at radius 1 is 0.698 bits per heavy atom. The second-order valence-corrected chi connectivity index (χ2v) is 16.4. The van der Waals surface area contributed by atoms with Gasteiger partial charge < -0.3 is 5.73 Å². The van der Waals surface area contributed by atoms with Gasteiger partial charge in [-0.25, -0.2) is 4.68 Å². The lowest BCUT2D eigenvalue weighted by Crippen LogP contribution is -2.65. The van der Waals surface area contributed by atoms with Gasteiger partial charge in [-0.05, 0) is 39.8 Å². The van der Waals surface area contributed by atoms with Gasteiger partial charge in [-0.1, -0.05) is 144 Å². The lowest BCUT2D eigenvalue weighted by atomic mass is 10.1. The van der Waals surface area contributed by atoms with Crippen LogP contribution in [0.5, 0.6) is 0 Å². The van der Waals surface area contributed by atoms with Crippen LogP contribution >= 0.6 is 22.8 Å². The molecule has 5 nitrogen and oxygen atoms in total. The molecule has 43 heavy (non-hydrogen) atoms. The van der Waals surface area contributed by atoms with Crippen molar-refractivity contribution < 1.29 is 0 Å². The summed E-state index contributed by atoms with van der Waals surface area (Å²) in [5.74, 6) is 0. The topological polar surface area (TPSA) is 68.6 Å². The van der Waals surface area contributed by atoms with Crippen molar-refractivity contribution in [3.05, 3.63) is 162 Å². The van der Waals surface area contributed by atoms with Crippen molar-refractivity contribution >= 4 is 57.0 Å². The van der Waals surface area contributed by atoms with E-state index in [1.165, 1.54) is 15.6 Å². The van der Waals surface area contributed by atoms with Gasteiger partial charge in [-0.2, -0.15) is 10.2 Å². The first-order chi connectivity index (χ1) is 21.1. The van der Waals surface area contributed by atoms with Crippen molar-refractivity contribution in [3.8, 4) is 16.9 Å². The average molecular weight is 614 g/mol. The maximum Gasteiger partial charge on any atom is 0.218 e. The van der Waals surface area contributed by atoms with E-state index in [1.807, 2.05) is 83.7 Å². The van der Waals surface area contributed by atoms with Crippen LogP contribution < -0.4 is 21.3 Å². The number of rotatable bonds is 8. The Balaban J connectivity index is 1.39. The number of hydrogen-bond donors (Lipinski definition) is 1. The van der Waals surface area contributed by atoms with E-state index in [1.54, 1.807) is 17.4 Å². The summed E-state index contributed by atoms with van der Waals surface area (Å²) in [6, 6.07) is 49.3. The Bertz CT molecular complexity index is 1750. The summed E-state index contributed by atoms with van der Waals surface area (Å²) in [7, 11) is -2.67. The Morgan fingerprint density at radius 2 is 1.19 bits per heavy atom. The van der Waals surface area contributed by atoms with Crippen molar-refractivity contribution in [2.75, 3.05) is 0 Å². The first kappa shape index (κ1) is 28.4. The van der Waals surface area contributed by atoms with Gasteiger partial charge in [0.2, 0.25) is 7.22 Å². The fourth-order valence-electron chi connectivity index (χ4n) is 5.05. The fraction of sp³-hybridized carbons (Fsp3) is 0. The maximum absolute atomic E-state index is 6.70. The van der Waals surface area contributed by atoms with Crippen LogP contribution in [0.2, 0.25) is 5.02 Å². The quantitative estimate of drug-likeness (QED) is 0.0726. The zero-order chi connectivity index (χ0) is 29.5. The third kappa shape index (κ3) is 6.24. The van der Waals surface area contributed by atoms with E-state index in [0.29, 0.717) is 10.2 Å². The first-order valence-electron chi connectivity index (χ1n) is 13.8. The molecule has 0 atom stereocenters. The van der Waals surface area contributed by atoms with E-state index in [0.717, 1.165) is 22.5 Å². The summed E-state index contributed by atoms with van der Waals surface area (Å²) in [4.78, 5) is 0. The molecule has 0 saturated heterocycles. The van der Waals surface area contributed by atoms with Crippen LogP contribution in [-0.2, 0) is 0 Å². The van der Waals surface area contributed by atoms with Crippen molar-refractivity contribution in [2.24, 2.45) is 15.9 Å². The maximum atomic E-state index is 6.70. The molecule has 6 rings (SSSR count). The van der Waals surface area contributed by atoms with Crippen LogP contribution in [0.4, 0.5) is 0 Å². The number of para-hydroxylation sites is 1. The van der Waals surface area contributed by atoms with Gasteiger partial charge in [0.25, 0.3) is 0 Å². The molecule has 1 heterocycles. The molecule has 2 N–H and O–H groups in total. The molecule has 0 spiro atoms. The van der Waals surface area contributed by atoms with E-state index < -0.39 is 7.22 Å². The SMILES string of the molecule is N/C(=N/N=C/c1cn(-c2ccccc2)nc1-c1ccc(Cl)cc1)S[Si](c1ccccc1)(c1ccccc1)c1ccccc1. The monoisotopic (exact) mass is 613 g/mol. The Kier molecular flexibility index (Phi) is 8.65. The van der Waals surface area contributed by atoms with E-state index in [4.69, 9.17) is 22.4 Å². The standard InChI is InChI=1S/C35H28ClN5SSi/c36-29-23-21-27(22-24-29)34-28(26-41(40-34)30-13-5-1-6-14-30)25-38-39-35(37)42-43(31-15-7-2-8-16-31,32-17-9-3-10-18-32)33-19-11-4-12-20-33/h1-26H,(H2,37,39)/b38-25+. The van der Waals surface area contributed by atoms with Crippen LogP contribution in [-0.4, -0.2) is 28.4 Å². The third-order valence-electron chi connectivity index (χ3n) is 7.03. The van der Waals surface area contributed by atoms with Crippen molar-refractivity contribution in [1.29, 1.82) is 0 Å². The molecule has 0 unspecified atom stereocenters. The minimum atomic E-state index is -2.67.